The summed E-state index contributed by atoms with van der Waals surface area (Å²) in [7, 11) is 3.56. The first-order valence-corrected chi connectivity index (χ1v) is 9.27. The highest BCUT2D eigenvalue weighted by atomic mass is 32.1. The number of amides is 1. The molecule has 2 heterocycles. The average molecular weight is 362 g/mol. The Hall–Kier alpha value is -2.15. The van der Waals surface area contributed by atoms with Gasteiger partial charge in [0.25, 0.3) is 5.91 Å². The molecule has 1 amide bonds. The second-order valence-electron chi connectivity index (χ2n) is 6.46. The van der Waals surface area contributed by atoms with Gasteiger partial charge in [0.1, 0.15) is 5.82 Å². The van der Waals surface area contributed by atoms with Crippen molar-refractivity contribution in [1.29, 1.82) is 0 Å². The lowest BCUT2D eigenvalue weighted by molar-refractivity contribution is 0.0766. The molecule has 5 nitrogen and oxygen atoms in total. The number of aromatic nitrogens is 1. The first kappa shape index (κ1) is 17.7. The monoisotopic (exact) mass is 362 g/mol. The van der Waals surface area contributed by atoms with Gasteiger partial charge in [-0.1, -0.05) is 0 Å². The number of halogens is 1. The quantitative estimate of drug-likeness (QED) is 0.842. The molecule has 0 atom stereocenters. The summed E-state index contributed by atoms with van der Waals surface area (Å²) >= 11 is 1.63. The number of carbonyl (C=O) groups excluding carboxylic acids is 1. The first-order valence-electron chi connectivity index (χ1n) is 8.39. The summed E-state index contributed by atoms with van der Waals surface area (Å²) in [4.78, 5) is 23.0. The van der Waals surface area contributed by atoms with Gasteiger partial charge in [-0.25, -0.2) is 9.37 Å². The number of benzene rings is 1. The van der Waals surface area contributed by atoms with Gasteiger partial charge in [0.15, 0.2) is 5.13 Å². The van der Waals surface area contributed by atoms with Crippen molar-refractivity contribution >= 4 is 28.1 Å². The predicted molar refractivity (Wildman–Crippen MR) is 100 cm³/mol. The van der Waals surface area contributed by atoms with E-state index in [4.69, 9.17) is 0 Å². The second kappa shape index (κ2) is 7.39. The van der Waals surface area contributed by atoms with Crippen molar-refractivity contribution in [1.82, 2.24) is 9.88 Å². The molecule has 1 fully saturated rings. The van der Waals surface area contributed by atoms with Crippen molar-refractivity contribution < 1.29 is 9.18 Å². The van der Waals surface area contributed by atoms with Gasteiger partial charge in [0.05, 0.1) is 11.4 Å². The van der Waals surface area contributed by atoms with Crippen molar-refractivity contribution in [3.63, 3.8) is 0 Å². The van der Waals surface area contributed by atoms with Crippen LogP contribution in [0.2, 0.25) is 0 Å². The Kier molecular flexibility index (Phi) is 5.22. The molecule has 0 spiro atoms. The van der Waals surface area contributed by atoms with E-state index in [1.807, 2.05) is 17.2 Å². The lowest BCUT2D eigenvalue weighted by Crippen LogP contribution is -2.35. The predicted octanol–water partition coefficient (Wildman–Crippen LogP) is 3.01. The Morgan fingerprint density at radius 2 is 2.04 bits per heavy atom. The molecule has 0 aliphatic carbocycles. The van der Waals surface area contributed by atoms with E-state index in [0.29, 0.717) is 24.3 Å². The van der Waals surface area contributed by atoms with Gasteiger partial charge in [-0.2, -0.15) is 0 Å². The minimum atomic E-state index is -0.370. The van der Waals surface area contributed by atoms with Gasteiger partial charge < -0.3 is 14.7 Å². The number of anilines is 2. The van der Waals surface area contributed by atoms with Gasteiger partial charge in [-0.15, -0.1) is 11.3 Å². The molecule has 1 aromatic heterocycles. The van der Waals surface area contributed by atoms with Crippen LogP contribution in [0.3, 0.4) is 0 Å². The molecular formula is C18H23FN4OS. The van der Waals surface area contributed by atoms with Crippen molar-refractivity contribution in [3.8, 4) is 0 Å². The number of carbonyl (C=O) groups is 1. The SMILES string of the molecule is Cc1csc(N2CCCN(C(=O)c3ccc(N(C)C)c(F)c3)CC2)n1. The van der Waals surface area contributed by atoms with Gasteiger partial charge in [0.2, 0.25) is 0 Å². The van der Waals surface area contributed by atoms with E-state index >= 15 is 0 Å². The highest BCUT2D eigenvalue weighted by molar-refractivity contribution is 7.13. The van der Waals surface area contributed by atoms with E-state index < -0.39 is 0 Å². The third-order valence-electron chi connectivity index (χ3n) is 4.34. The molecule has 0 saturated carbocycles. The topological polar surface area (TPSA) is 39.7 Å². The number of rotatable bonds is 3. The lowest BCUT2D eigenvalue weighted by Gasteiger charge is -2.22. The van der Waals surface area contributed by atoms with Crippen LogP contribution in [-0.4, -0.2) is 56.1 Å². The Morgan fingerprint density at radius 3 is 2.68 bits per heavy atom. The number of thiazole rings is 1. The van der Waals surface area contributed by atoms with Crippen LogP contribution in [0.4, 0.5) is 15.2 Å². The van der Waals surface area contributed by atoms with Crippen molar-refractivity contribution in [3.05, 3.63) is 40.7 Å². The van der Waals surface area contributed by atoms with Gasteiger partial charge in [-0.3, -0.25) is 4.79 Å². The first-order chi connectivity index (χ1) is 12.0. The highest BCUT2D eigenvalue weighted by Crippen LogP contribution is 2.23. The lowest BCUT2D eigenvalue weighted by atomic mass is 10.1. The molecule has 7 heteroatoms. The summed E-state index contributed by atoms with van der Waals surface area (Å²) in [5.41, 5.74) is 1.91. The number of hydrogen-bond acceptors (Lipinski definition) is 5. The fraction of sp³-hybridized carbons (Fsp3) is 0.444. The molecule has 25 heavy (non-hydrogen) atoms. The molecule has 0 N–H and O–H groups in total. The van der Waals surface area contributed by atoms with Crippen molar-refractivity contribution in [2.24, 2.45) is 0 Å². The Bertz CT molecular complexity index is 761. The molecular weight excluding hydrogens is 339 g/mol. The van der Waals surface area contributed by atoms with E-state index in [2.05, 4.69) is 9.88 Å². The van der Waals surface area contributed by atoms with Crippen molar-refractivity contribution in [2.75, 3.05) is 50.1 Å². The van der Waals surface area contributed by atoms with E-state index in [-0.39, 0.29) is 11.7 Å². The molecule has 1 saturated heterocycles. The molecule has 2 aromatic rings. The molecule has 3 rings (SSSR count). The zero-order chi connectivity index (χ0) is 18.0. The molecule has 0 bridgehead atoms. The second-order valence-corrected chi connectivity index (χ2v) is 7.30. The summed E-state index contributed by atoms with van der Waals surface area (Å²) < 4.78 is 14.2. The number of aryl methyl sites for hydroxylation is 1. The third kappa shape index (κ3) is 3.92. The van der Waals surface area contributed by atoms with Crippen LogP contribution in [0.15, 0.2) is 23.6 Å². The zero-order valence-corrected chi connectivity index (χ0v) is 15.6. The van der Waals surface area contributed by atoms with Gasteiger partial charge >= 0.3 is 0 Å². The van der Waals surface area contributed by atoms with Crippen LogP contribution in [-0.2, 0) is 0 Å². The van der Waals surface area contributed by atoms with E-state index in [1.54, 1.807) is 42.5 Å². The normalized spacial score (nSPS) is 15.2. The molecule has 0 radical (unpaired) electrons. The van der Waals surface area contributed by atoms with Crippen LogP contribution in [0, 0.1) is 12.7 Å². The Balaban J connectivity index is 1.70. The molecule has 134 valence electrons. The molecule has 1 aliphatic heterocycles. The highest BCUT2D eigenvalue weighted by Gasteiger charge is 2.22. The number of nitrogens with zero attached hydrogens (tertiary/aromatic N) is 4. The summed E-state index contributed by atoms with van der Waals surface area (Å²) in [5, 5.41) is 3.05. The van der Waals surface area contributed by atoms with Crippen LogP contribution in [0.25, 0.3) is 0 Å². The number of hydrogen-bond donors (Lipinski definition) is 0. The van der Waals surface area contributed by atoms with Gasteiger partial charge in [-0.05, 0) is 31.5 Å². The van der Waals surface area contributed by atoms with E-state index in [9.17, 15) is 9.18 Å². The average Bonchev–Trinajstić information content (AvgIpc) is 2.86. The summed E-state index contributed by atoms with van der Waals surface area (Å²) in [6, 6.07) is 4.70. The summed E-state index contributed by atoms with van der Waals surface area (Å²) in [6.07, 6.45) is 0.878. The maximum absolute atomic E-state index is 14.2. The van der Waals surface area contributed by atoms with Crippen LogP contribution in [0.1, 0.15) is 22.5 Å². The third-order valence-corrected chi connectivity index (χ3v) is 5.36. The Morgan fingerprint density at radius 1 is 1.24 bits per heavy atom. The smallest absolute Gasteiger partial charge is 0.254 e. The van der Waals surface area contributed by atoms with Crippen LogP contribution < -0.4 is 9.80 Å². The maximum Gasteiger partial charge on any atom is 0.254 e. The van der Waals surface area contributed by atoms with Crippen LogP contribution >= 0.6 is 11.3 Å². The largest absolute Gasteiger partial charge is 0.375 e. The maximum atomic E-state index is 14.2. The standard InChI is InChI=1S/C18H23FN4OS/c1-13-12-25-18(20-13)23-8-4-7-22(9-10-23)17(24)14-5-6-16(21(2)3)15(19)11-14/h5-6,11-12H,4,7-10H2,1-3H3. The molecule has 1 aromatic carbocycles. The van der Waals surface area contributed by atoms with E-state index in [0.717, 1.165) is 30.3 Å². The van der Waals surface area contributed by atoms with Crippen molar-refractivity contribution in [2.45, 2.75) is 13.3 Å². The van der Waals surface area contributed by atoms with E-state index in [1.165, 1.54) is 6.07 Å². The summed E-state index contributed by atoms with van der Waals surface area (Å²) in [5.74, 6) is -0.480. The zero-order valence-electron chi connectivity index (χ0n) is 14.8. The summed E-state index contributed by atoms with van der Waals surface area (Å²) in [6.45, 7) is 4.91. The Labute approximate surface area is 151 Å². The minimum absolute atomic E-state index is 0.110. The van der Waals surface area contributed by atoms with Crippen LogP contribution in [0.5, 0.6) is 0 Å². The molecule has 0 unspecified atom stereocenters. The minimum Gasteiger partial charge on any atom is -0.375 e. The fourth-order valence-corrected chi connectivity index (χ4v) is 3.84. The molecule has 1 aliphatic rings. The van der Waals surface area contributed by atoms with Gasteiger partial charge in [0, 0.05) is 51.2 Å². The fourth-order valence-electron chi connectivity index (χ4n) is 2.98.